The van der Waals surface area contributed by atoms with Crippen LogP contribution in [0, 0.1) is 17.3 Å². The summed E-state index contributed by atoms with van der Waals surface area (Å²) in [6.07, 6.45) is 17.0. The molecule has 2 aliphatic carbocycles. The molecule has 1 heterocycles. The summed E-state index contributed by atoms with van der Waals surface area (Å²) in [5.74, 6) is 1.62. The van der Waals surface area contributed by atoms with E-state index >= 15 is 0 Å². The van der Waals surface area contributed by atoms with Crippen LogP contribution in [0.3, 0.4) is 0 Å². The second-order valence-corrected chi connectivity index (χ2v) is 9.75. The Kier molecular flexibility index (Phi) is 8.58. The van der Waals surface area contributed by atoms with Gasteiger partial charge in [-0.1, -0.05) is 49.6 Å². The van der Waals surface area contributed by atoms with Crippen LogP contribution in [-0.2, 0) is 4.74 Å². The highest BCUT2D eigenvalue weighted by molar-refractivity contribution is 5.25. The van der Waals surface area contributed by atoms with Crippen molar-refractivity contribution in [3.8, 4) is 0 Å². The topological polar surface area (TPSA) is 32.7 Å². The van der Waals surface area contributed by atoms with Crippen LogP contribution in [0.5, 0.6) is 0 Å². The van der Waals surface area contributed by atoms with Crippen molar-refractivity contribution in [3.63, 3.8) is 0 Å². The highest BCUT2D eigenvalue weighted by Crippen LogP contribution is 2.58. The maximum Gasteiger partial charge on any atom is 0.0755 e. The third kappa shape index (κ3) is 5.83. The molecule has 4 unspecified atom stereocenters. The van der Waals surface area contributed by atoms with Crippen LogP contribution in [0.2, 0.25) is 0 Å². The first kappa shape index (κ1) is 22.8. The summed E-state index contributed by atoms with van der Waals surface area (Å²) in [5, 5.41) is 9.99. The van der Waals surface area contributed by atoms with Crippen molar-refractivity contribution in [2.75, 3.05) is 32.8 Å². The fourth-order valence-corrected chi connectivity index (χ4v) is 6.13. The van der Waals surface area contributed by atoms with E-state index < -0.39 is 6.10 Å². The zero-order valence-electron chi connectivity index (χ0n) is 18.9. The number of allylic oxidation sites excluding steroid dienone is 3. The van der Waals surface area contributed by atoms with Crippen LogP contribution in [0.25, 0.3) is 0 Å². The lowest BCUT2D eigenvalue weighted by atomic mass is 9.63. The molecule has 0 aromatic rings. The lowest BCUT2D eigenvalue weighted by molar-refractivity contribution is 0.0300. The monoisotopic (exact) mass is 401 g/mol. The number of hydrogen-bond acceptors (Lipinski definition) is 3. The lowest BCUT2D eigenvalue weighted by Crippen LogP contribution is -2.39. The Labute approximate surface area is 178 Å². The van der Waals surface area contributed by atoms with Crippen LogP contribution in [0.1, 0.15) is 71.6 Å². The molecule has 29 heavy (non-hydrogen) atoms. The molecule has 3 rings (SSSR count). The third-order valence-corrected chi connectivity index (χ3v) is 7.91. The van der Waals surface area contributed by atoms with Gasteiger partial charge in [0.05, 0.1) is 19.3 Å². The van der Waals surface area contributed by atoms with Gasteiger partial charge in [0.25, 0.3) is 0 Å². The van der Waals surface area contributed by atoms with Crippen molar-refractivity contribution in [2.45, 2.75) is 77.7 Å². The summed E-state index contributed by atoms with van der Waals surface area (Å²) >= 11 is 0. The second-order valence-electron chi connectivity index (χ2n) is 9.75. The predicted octanol–water partition coefficient (Wildman–Crippen LogP) is 5.52. The zero-order chi connectivity index (χ0) is 20.7. The van der Waals surface area contributed by atoms with Gasteiger partial charge >= 0.3 is 0 Å². The maximum absolute atomic E-state index is 9.99. The SMILES string of the molecule is C=CC(O)C/C(=C\C=C1/CCCC2(C)C(CCN3CCOCC3)CCC12)CCC. The molecule has 4 atom stereocenters. The van der Waals surface area contributed by atoms with Gasteiger partial charge in [0.2, 0.25) is 0 Å². The van der Waals surface area contributed by atoms with Gasteiger partial charge in [-0.05, 0) is 75.2 Å². The molecule has 0 amide bonds. The van der Waals surface area contributed by atoms with Crippen molar-refractivity contribution in [3.05, 3.63) is 36.0 Å². The molecule has 2 saturated carbocycles. The summed E-state index contributed by atoms with van der Waals surface area (Å²) in [4.78, 5) is 2.60. The van der Waals surface area contributed by atoms with E-state index in [1.165, 1.54) is 50.6 Å². The molecular weight excluding hydrogens is 358 g/mol. The molecule has 3 nitrogen and oxygen atoms in total. The Morgan fingerprint density at radius 1 is 1.34 bits per heavy atom. The number of morpholine rings is 1. The Hall–Kier alpha value is -0.900. The number of ether oxygens (including phenoxy) is 1. The first-order valence-electron chi connectivity index (χ1n) is 12.1. The lowest BCUT2D eigenvalue weighted by Gasteiger charge is -2.43. The normalized spacial score (nSPS) is 33.6. The Morgan fingerprint density at radius 2 is 2.14 bits per heavy atom. The molecule has 0 bridgehead atoms. The molecular formula is C26H43NO2. The van der Waals surface area contributed by atoms with Crippen molar-refractivity contribution in [1.29, 1.82) is 0 Å². The standard InChI is InChI=1S/C26H43NO2/c1-4-7-21(20-24(28)5-2)9-10-22-8-6-14-26(3)23(11-12-25(22)26)13-15-27-16-18-29-19-17-27/h5,9-10,23-25,28H,2,4,6-8,11-20H2,1,3H3/b21-9-,22-10+. The number of aliphatic hydroxyl groups excluding tert-OH is 1. The van der Waals surface area contributed by atoms with E-state index in [0.717, 1.165) is 57.4 Å². The van der Waals surface area contributed by atoms with Crippen molar-refractivity contribution >= 4 is 0 Å². The minimum Gasteiger partial charge on any atom is -0.389 e. The molecule has 3 heteroatoms. The van der Waals surface area contributed by atoms with Gasteiger partial charge in [0.15, 0.2) is 0 Å². The van der Waals surface area contributed by atoms with Gasteiger partial charge in [0.1, 0.15) is 0 Å². The quantitative estimate of drug-likeness (QED) is 0.517. The van der Waals surface area contributed by atoms with Crippen LogP contribution in [0.4, 0.5) is 0 Å². The van der Waals surface area contributed by atoms with Crippen molar-refractivity contribution in [1.82, 2.24) is 4.90 Å². The van der Waals surface area contributed by atoms with Gasteiger partial charge in [-0.15, -0.1) is 6.58 Å². The number of nitrogens with zero attached hydrogens (tertiary/aromatic N) is 1. The van der Waals surface area contributed by atoms with Crippen LogP contribution < -0.4 is 0 Å². The van der Waals surface area contributed by atoms with Crippen molar-refractivity contribution < 1.29 is 9.84 Å². The Morgan fingerprint density at radius 3 is 2.86 bits per heavy atom. The van der Waals surface area contributed by atoms with E-state index in [9.17, 15) is 5.11 Å². The average molecular weight is 402 g/mol. The summed E-state index contributed by atoms with van der Waals surface area (Å²) in [7, 11) is 0. The van der Waals surface area contributed by atoms with Gasteiger partial charge in [-0.3, -0.25) is 4.90 Å². The fourth-order valence-electron chi connectivity index (χ4n) is 6.13. The average Bonchev–Trinajstić information content (AvgIpc) is 3.08. The largest absolute Gasteiger partial charge is 0.389 e. The molecule has 0 aromatic carbocycles. The molecule has 0 spiro atoms. The molecule has 1 N–H and O–H groups in total. The van der Waals surface area contributed by atoms with E-state index in [2.05, 4.69) is 37.5 Å². The zero-order valence-corrected chi connectivity index (χ0v) is 18.9. The predicted molar refractivity (Wildman–Crippen MR) is 122 cm³/mol. The van der Waals surface area contributed by atoms with E-state index in [1.54, 1.807) is 11.6 Å². The van der Waals surface area contributed by atoms with E-state index in [4.69, 9.17) is 4.74 Å². The Balaban J connectivity index is 1.65. The molecule has 0 radical (unpaired) electrons. The minimum absolute atomic E-state index is 0.418. The molecule has 0 aromatic heterocycles. The smallest absolute Gasteiger partial charge is 0.0755 e. The summed E-state index contributed by atoms with van der Waals surface area (Å²) in [6.45, 7) is 13.8. The van der Waals surface area contributed by atoms with E-state index in [-0.39, 0.29) is 0 Å². The van der Waals surface area contributed by atoms with Crippen molar-refractivity contribution in [2.24, 2.45) is 17.3 Å². The first-order valence-corrected chi connectivity index (χ1v) is 12.1. The fraction of sp³-hybridized carbons (Fsp3) is 0.769. The van der Waals surface area contributed by atoms with Crippen LogP contribution in [0.15, 0.2) is 36.0 Å². The molecule has 164 valence electrons. The van der Waals surface area contributed by atoms with E-state index in [1.807, 2.05) is 0 Å². The highest BCUT2D eigenvalue weighted by Gasteiger charge is 2.48. The summed E-state index contributed by atoms with van der Waals surface area (Å²) in [6, 6.07) is 0. The first-order chi connectivity index (χ1) is 14.1. The number of fused-ring (bicyclic) bond motifs is 1. The number of hydrogen-bond donors (Lipinski definition) is 1. The molecule has 3 aliphatic rings. The van der Waals surface area contributed by atoms with Gasteiger partial charge in [0, 0.05) is 13.1 Å². The van der Waals surface area contributed by atoms with Gasteiger partial charge in [-0.25, -0.2) is 0 Å². The van der Waals surface area contributed by atoms with Gasteiger partial charge < -0.3 is 9.84 Å². The number of rotatable bonds is 9. The van der Waals surface area contributed by atoms with Gasteiger partial charge in [-0.2, -0.15) is 0 Å². The second kappa shape index (κ2) is 10.9. The third-order valence-electron chi connectivity index (χ3n) is 7.91. The van der Waals surface area contributed by atoms with E-state index in [0.29, 0.717) is 5.41 Å². The molecule has 1 aliphatic heterocycles. The van der Waals surface area contributed by atoms with Crippen LogP contribution >= 0.6 is 0 Å². The summed E-state index contributed by atoms with van der Waals surface area (Å²) < 4.78 is 5.51. The summed E-state index contributed by atoms with van der Waals surface area (Å²) in [5.41, 5.74) is 3.52. The highest BCUT2D eigenvalue weighted by atomic mass is 16.5. The number of aliphatic hydroxyl groups is 1. The van der Waals surface area contributed by atoms with Crippen LogP contribution in [-0.4, -0.2) is 49.0 Å². The Bertz CT molecular complexity index is 590. The maximum atomic E-state index is 9.99. The minimum atomic E-state index is -0.418. The molecule has 1 saturated heterocycles. The molecule has 3 fully saturated rings.